The third kappa shape index (κ3) is 3.17. The Bertz CT molecular complexity index is 990. The molecule has 0 N–H and O–H groups in total. The molecule has 7 heteroatoms. The van der Waals surface area contributed by atoms with Gasteiger partial charge < -0.3 is 4.74 Å². The van der Waals surface area contributed by atoms with Crippen LogP contribution < -0.4 is 0 Å². The summed E-state index contributed by atoms with van der Waals surface area (Å²) in [6.07, 6.45) is 1.28. The van der Waals surface area contributed by atoms with E-state index in [1.54, 1.807) is 61.5 Å². The molecule has 4 rings (SSSR count). The van der Waals surface area contributed by atoms with Gasteiger partial charge in [0.15, 0.2) is 0 Å². The van der Waals surface area contributed by atoms with Gasteiger partial charge in [-0.25, -0.2) is 18.2 Å². The number of rotatable bonds is 4. The molecule has 1 aliphatic carbocycles. The summed E-state index contributed by atoms with van der Waals surface area (Å²) in [4.78, 5) is 21.6. The number of ether oxygens (including phenoxy) is 1. The van der Waals surface area contributed by atoms with Gasteiger partial charge in [-0.1, -0.05) is 48.5 Å². The highest BCUT2D eigenvalue weighted by atomic mass is 32.2. The van der Waals surface area contributed by atoms with Gasteiger partial charge in [0.05, 0.1) is 16.9 Å². The van der Waals surface area contributed by atoms with Crippen molar-refractivity contribution in [2.45, 2.75) is 54.6 Å². The van der Waals surface area contributed by atoms with Crippen LogP contribution in [0.5, 0.6) is 0 Å². The number of hydrogen-bond acceptors (Lipinski definition) is 6. The fourth-order valence-corrected chi connectivity index (χ4v) is 6.79. The van der Waals surface area contributed by atoms with Crippen LogP contribution in [0.4, 0.5) is 0 Å². The molecule has 2 aromatic carbocycles. The van der Waals surface area contributed by atoms with Gasteiger partial charge in [0, 0.05) is 12.5 Å². The van der Waals surface area contributed by atoms with Crippen LogP contribution in [0.2, 0.25) is 0 Å². The van der Waals surface area contributed by atoms with Crippen LogP contribution in [-0.4, -0.2) is 26.1 Å². The van der Waals surface area contributed by atoms with E-state index in [2.05, 4.69) is 0 Å². The molecule has 0 amide bonds. The monoisotopic (exact) mass is 416 g/mol. The first kappa shape index (κ1) is 20.1. The van der Waals surface area contributed by atoms with E-state index in [0.29, 0.717) is 24.8 Å². The van der Waals surface area contributed by atoms with Crippen LogP contribution >= 0.6 is 0 Å². The summed E-state index contributed by atoms with van der Waals surface area (Å²) in [6.45, 7) is 3.13. The van der Waals surface area contributed by atoms with E-state index in [1.807, 2.05) is 6.07 Å². The Morgan fingerprint density at radius 1 is 1.07 bits per heavy atom. The Hall–Kier alpha value is -2.22. The molecule has 0 aromatic heterocycles. The summed E-state index contributed by atoms with van der Waals surface area (Å²) >= 11 is 0. The predicted molar refractivity (Wildman–Crippen MR) is 105 cm³/mol. The summed E-state index contributed by atoms with van der Waals surface area (Å²) in [7, 11) is -4.07. The summed E-state index contributed by atoms with van der Waals surface area (Å²) in [5.74, 6) is -1.09. The first-order valence-electron chi connectivity index (χ1n) is 9.69. The zero-order chi connectivity index (χ0) is 20.7. The molecule has 1 aliphatic heterocycles. The van der Waals surface area contributed by atoms with E-state index in [9.17, 15) is 13.2 Å². The summed E-state index contributed by atoms with van der Waals surface area (Å²) in [6, 6.07) is 17.0. The van der Waals surface area contributed by atoms with Crippen molar-refractivity contribution >= 4 is 15.8 Å². The maximum absolute atomic E-state index is 14.0. The van der Waals surface area contributed by atoms with E-state index in [4.69, 9.17) is 14.5 Å². The first-order chi connectivity index (χ1) is 13.8. The standard InChI is InChI=1S/C22H24O6S/c1-16(23)26-21(2)14-13-18-15-20(21)22(28-27-18,17-9-5-3-6-10-17)29(24,25)19-11-7-4-8-12-19/h3-12,18,20H,13-15H2,1-2H3/t18-,20-,21-,22-/m1/s1. The van der Waals surface area contributed by atoms with Gasteiger partial charge in [0.1, 0.15) is 5.60 Å². The lowest BCUT2D eigenvalue weighted by Gasteiger charge is -2.53. The van der Waals surface area contributed by atoms with Gasteiger partial charge in [0.25, 0.3) is 0 Å². The minimum atomic E-state index is -4.07. The highest BCUT2D eigenvalue weighted by Crippen LogP contribution is 2.56. The summed E-state index contributed by atoms with van der Waals surface area (Å²) in [5, 5.41) is 0. The van der Waals surface area contributed by atoms with E-state index in [1.165, 1.54) is 6.92 Å². The van der Waals surface area contributed by atoms with Crippen molar-refractivity contribution in [2.75, 3.05) is 0 Å². The number of fused-ring (bicyclic) bond motifs is 2. The van der Waals surface area contributed by atoms with Crippen molar-refractivity contribution < 1.29 is 27.7 Å². The summed E-state index contributed by atoms with van der Waals surface area (Å²) in [5.41, 5.74) is -0.559. The number of carbonyl (C=O) groups excluding carboxylic acids is 1. The van der Waals surface area contributed by atoms with Gasteiger partial charge in [-0.05, 0) is 38.3 Å². The quantitative estimate of drug-likeness (QED) is 0.558. The van der Waals surface area contributed by atoms with Crippen molar-refractivity contribution in [2.24, 2.45) is 5.92 Å². The minimum Gasteiger partial charge on any atom is -0.459 e. The normalized spacial score (nSPS) is 31.8. The Morgan fingerprint density at radius 3 is 2.31 bits per heavy atom. The van der Waals surface area contributed by atoms with Crippen molar-refractivity contribution in [1.29, 1.82) is 0 Å². The van der Waals surface area contributed by atoms with Gasteiger partial charge in [-0.3, -0.25) is 4.79 Å². The minimum absolute atomic E-state index is 0.127. The van der Waals surface area contributed by atoms with Crippen LogP contribution in [-0.2, 0) is 34.1 Å². The van der Waals surface area contributed by atoms with Crippen molar-refractivity contribution in [3.8, 4) is 0 Å². The third-order valence-electron chi connectivity index (χ3n) is 5.97. The molecule has 1 heterocycles. The Morgan fingerprint density at radius 2 is 1.69 bits per heavy atom. The lowest BCUT2D eigenvalue weighted by Crippen LogP contribution is -2.62. The molecule has 1 saturated heterocycles. The molecule has 6 nitrogen and oxygen atoms in total. The number of benzene rings is 2. The number of sulfone groups is 1. The SMILES string of the molecule is CC(=O)O[C@]1(C)CC[C@@H]2C[C@H]1[C@@](c1ccccc1)(S(=O)(=O)c1ccccc1)OO2. The molecule has 1 saturated carbocycles. The Kier molecular flexibility index (Phi) is 5.01. The second-order valence-electron chi connectivity index (χ2n) is 7.88. The molecular weight excluding hydrogens is 392 g/mol. The Balaban J connectivity index is 1.97. The molecule has 2 fully saturated rings. The van der Waals surface area contributed by atoms with Crippen molar-refractivity contribution in [1.82, 2.24) is 0 Å². The summed E-state index contributed by atoms with van der Waals surface area (Å²) < 4.78 is 33.8. The van der Waals surface area contributed by atoms with Gasteiger partial charge in [-0.2, -0.15) is 0 Å². The van der Waals surface area contributed by atoms with Gasteiger partial charge in [0.2, 0.25) is 14.8 Å². The third-order valence-corrected chi connectivity index (χ3v) is 8.25. The topological polar surface area (TPSA) is 78.9 Å². The second kappa shape index (κ2) is 7.23. The van der Waals surface area contributed by atoms with Crippen LogP contribution in [0, 0.1) is 5.92 Å². The lowest BCUT2D eigenvalue weighted by molar-refractivity contribution is -0.426. The molecule has 4 atom stereocenters. The fourth-order valence-electron chi connectivity index (χ4n) is 4.63. The molecular formula is C22H24O6S. The average Bonchev–Trinajstić information content (AvgIpc) is 2.72. The maximum atomic E-state index is 14.0. The highest BCUT2D eigenvalue weighted by Gasteiger charge is 2.66. The van der Waals surface area contributed by atoms with Gasteiger partial charge in [-0.15, -0.1) is 0 Å². The highest BCUT2D eigenvalue weighted by molar-refractivity contribution is 7.92. The zero-order valence-electron chi connectivity index (χ0n) is 16.4. The van der Waals surface area contributed by atoms with Crippen LogP contribution in [0.25, 0.3) is 0 Å². The van der Waals surface area contributed by atoms with Gasteiger partial charge >= 0.3 is 5.97 Å². The molecule has 29 heavy (non-hydrogen) atoms. The zero-order valence-corrected chi connectivity index (χ0v) is 17.2. The molecule has 154 valence electrons. The molecule has 2 aromatic rings. The number of hydrogen-bond donors (Lipinski definition) is 0. The number of carbonyl (C=O) groups is 1. The van der Waals surface area contributed by atoms with Crippen LogP contribution in [0.3, 0.4) is 0 Å². The van der Waals surface area contributed by atoms with Crippen molar-refractivity contribution in [3.05, 3.63) is 66.2 Å². The molecule has 2 bridgehead atoms. The predicted octanol–water partition coefficient (Wildman–Crippen LogP) is 3.77. The largest absolute Gasteiger partial charge is 0.459 e. The van der Waals surface area contributed by atoms with E-state index >= 15 is 0 Å². The molecule has 0 unspecified atom stereocenters. The fraction of sp³-hybridized carbons (Fsp3) is 0.409. The number of esters is 1. The van der Waals surface area contributed by atoms with Crippen LogP contribution in [0.15, 0.2) is 65.6 Å². The molecule has 0 radical (unpaired) electrons. The van der Waals surface area contributed by atoms with Crippen molar-refractivity contribution in [3.63, 3.8) is 0 Å². The maximum Gasteiger partial charge on any atom is 0.303 e. The van der Waals surface area contributed by atoms with E-state index < -0.39 is 32.3 Å². The smallest absolute Gasteiger partial charge is 0.303 e. The second-order valence-corrected chi connectivity index (χ2v) is 9.97. The first-order valence-corrected chi connectivity index (χ1v) is 11.2. The van der Waals surface area contributed by atoms with Crippen LogP contribution in [0.1, 0.15) is 38.7 Å². The Labute approximate surface area is 170 Å². The average molecular weight is 416 g/mol. The molecule has 0 spiro atoms. The lowest BCUT2D eigenvalue weighted by atomic mass is 9.70. The molecule has 2 aliphatic rings. The van der Waals surface area contributed by atoms with E-state index in [-0.39, 0.29) is 11.0 Å². The van der Waals surface area contributed by atoms with E-state index in [0.717, 1.165) is 0 Å².